The fourth-order valence-corrected chi connectivity index (χ4v) is 2.08. The van der Waals surface area contributed by atoms with E-state index >= 15 is 0 Å². The Kier molecular flexibility index (Phi) is 2.99. The lowest BCUT2D eigenvalue weighted by molar-refractivity contribution is 0.380. The normalized spacial score (nSPS) is 14.1. The Morgan fingerprint density at radius 1 is 1.06 bits per heavy atom. The molecule has 2 rings (SSSR count). The van der Waals surface area contributed by atoms with Crippen molar-refractivity contribution in [3.05, 3.63) is 48.8 Å². The van der Waals surface area contributed by atoms with Gasteiger partial charge in [0.25, 0.3) is 0 Å². The largest absolute Gasteiger partial charge is 0.410 e. The van der Waals surface area contributed by atoms with Crippen LogP contribution in [0.4, 0.5) is 0 Å². The van der Waals surface area contributed by atoms with Crippen molar-refractivity contribution in [3.63, 3.8) is 0 Å². The molecule has 2 aromatic rings. The quantitative estimate of drug-likeness (QED) is 0.814. The molecule has 1 N–H and O–H groups in total. The molecule has 0 bridgehead atoms. The summed E-state index contributed by atoms with van der Waals surface area (Å²) in [5.41, 5.74) is 0. The highest BCUT2D eigenvalue weighted by Crippen LogP contribution is 2.39. The minimum Gasteiger partial charge on any atom is -0.386 e. The maximum Gasteiger partial charge on any atom is 0.410 e. The van der Waals surface area contributed by atoms with Gasteiger partial charge < -0.3 is 9.42 Å². The molecule has 0 radical (unpaired) electrons. The van der Waals surface area contributed by atoms with E-state index in [-0.39, 0.29) is 11.3 Å². The number of rotatable bonds is 3. The smallest absolute Gasteiger partial charge is 0.386 e. The Balaban J connectivity index is 2.25. The zero-order valence-corrected chi connectivity index (χ0v) is 9.12. The molecule has 0 aliphatic carbocycles. The first-order chi connectivity index (χ1) is 7.68. The van der Waals surface area contributed by atoms with Gasteiger partial charge in [0.1, 0.15) is 0 Å². The van der Waals surface area contributed by atoms with Gasteiger partial charge in [-0.3, -0.25) is 0 Å². The molecule has 0 fully saturated rings. The zero-order valence-electron chi connectivity index (χ0n) is 8.22. The van der Waals surface area contributed by atoms with Crippen molar-refractivity contribution < 1.29 is 14.0 Å². The van der Waals surface area contributed by atoms with Crippen LogP contribution in [0.1, 0.15) is 0 Å². The molecule has 1 aromatic heterocycles. The van der Waals surface area contributed by atoms with Crippen LogP contribution in [-0.2, 0) is 4.57 Å². The van der Waals surface area contributed by atoms with Crippen molar-refractivity contribution >= 4 is 12.9 Å². The molecule has 0 amide bonds. The molecule has 16 heavy (non-hydrogen) atoms. The average Bonchev–Trinajstić information content (AvgIpc) is 2.31. The first-order valence-corrected chi connectivity index (χ1v) is 6.11. The summed E-state index contributed by atoms with van der Waals surface area (Å²) in [5.74, 6) is 0. The van der Waals surface area contributed by atoms with Crippen molar-refractivity contribution in [1.82, 2.24) is 9.97 Å². The Hall–Kier alpha value is -1.71. The van der Waals surface area contributed by atoms with Crippen LogP contribution < -0.4 is 9.83 Å². The molecule has 6 heteroatoms. The summed E-state index contributed by atoms with van der Waals surface area (Å²) >= 11 is 0. The van der Waals surface area contributed by atoms with E-state index in [2.05, 4.69) is 9.97 Å². The fourth-order valence-electron chi connectivity index (χ4n) is 1.11. The van der Waals surface area contributed by atoms with E-state index in [0.29, 0.717) is 0 Å². The topological polar surface area (TPSA) is 72.3 Å². The molecular weight excluding hydrogens is 227 g/mol. The SMILES string of the molecule is O=P(O)(Oc1ncccn1)c1ccccc1. The molecule has 0 saturated heterocycles. The summed E-state index contributed by atoms with van der Waals surface area (Å²) in [6.45, 7) is 0. The summed E-state index contributed by atoms with van der Waals surface area (Å²) in [7, 11) is -3.89. The van der Waals surface area contributed by atoms with Crippen LogP contribution in [0, 0.1) is 0 Å². The lowest BCUT2D eigenvalue weighted by Gasteiger charge is -2.10. The molecule has 0 aliphatic rings. The summed E-state index contributed by atoms with van der Waals surface area (Å²) in [4.78, 5) is 17.1. The van der Waals surface area contributed by atoms with E-state index in [1.807, 2.05) is 0 Å². The number of benzene rings is 1. The van der Waals surface area contributed by atoms with Crippen LogP contribution in [0.3, 0.4) is 0 Å². The molecule has 1 atom stereocenters. The van der Waals surface area contributed by atoms with Gasteiger partial charge in [-0.25, -0.2) is 14.5 Å². The fraction of sp³-hybridized carbons (Fsp3) is 0. The van der Waals surface area contributed by atoms with Crippen LogP contribution in [0.5, 0.6) is 6.01 Å². The third-order valence-corrected chi connectivity index (χ3v) is 3.19. The molecule has 0 aliphatic heterocycles. The molecule has 1 aromatic carbocycles. The van der Waals surface area contributed by atoms with Crippen LogP contribution in [0.2, 0.25) is 0 Å². The third kappa shape index (κ3) is 2.45. The minimum absolute atomic E-state index is 0.114. The third-order valence-electron chi connectivity index (χ3n) is 1.83. The van der Waals surface area contributed by atoms with Gasteiger partial charge in [-0.2, -0.15) is 0 Å². The number of hydrogen-bond acceptors (Lipinski definition) is 4. The van der Waals surface area contributed by atoms with Gasteiger partial charge >= 0.3 is 13.6 Å². The van der Waals surface area contributed by atoms with Gasteiger partial charge in [-0.15, -0.1) is 0 Å². The molecule has 82 valence electrons. The van der Waals surface area contributed by atoms with E-state index in [9.17, 15) is 9.46 Å². The van der Waals surface area contributed by atoms with Crippen molar-refractivity contribution in [1.29, 1.82) is 0 Å². The zero-order chi connectivity index (χ0) is 11.4. The molecule has 1 heterocycles. The highest BCUT2D eigenvalue weighted by atomic mass is 31.2. The van der Waals surface area contributed by atoms with Gasteiger partial charge in [0, 0.05) is 12.4 Å². The Labute approximate surface area is 92.3 Å². The summed E-state index contributed by atoms with van der Waals surface area (Å²) in [6.07, 6.45) is 2.88. The van der Waals surface area contributed by atoms with Crippen molar-refractivity contribution in [2.24, 2.45) is 0 Å². The van der Waals surface area contributed by atoms with Gasteiger partial charge in [0.05, 0.1) is 5.30 Å². The molecule has 0 saturated carbocycles. The standard InChI is InChI=1S/C10H9N2O3P/c13-16(14,9-5-2-1-3-6-9)15-10-11-7-4-8-12-10/h1-8H,(H,13,14). The van der Waals surface area contributed by atoms with Crippen LogP contribution in [0.15, 0.2) is 48.8 Å². The summed E-state index contributed by atoms with van der Waals surface area (Å²) in [5, 5.41) is 0.211. The summed E-state index contributed by atoms with van der Waals surface area (Å²) < 4.78 is 16.7. The number of hydrogen-bond donors (Lipinski definition) is 1. The number of nitrogens with zero attached hydrogens (tertiary/aromatic N) is 2. The highest BCUT2D eigenvalue weighted by Gasteiger charge is 2.24. The first-order valence-electron chi connectivity index (χ1n) is 4.53. The van der Waals surface area contributed by atoms with Gasteiger partial charge in [-0.1, -0.05) is 18.2 Å². The van der Waals surface area contributed by atoms with Crippen molar-refractivity contribution in [2.75, 3.05) is 0 Å². The lowest BCUT2D eigenvalue weighted by Crippen LogP contribution is -2.09. The van der Waals surface area contributed by atoms with E-state index < -0.39 is 7.60 Å². The second-order valence-electron chi connectivity index (χ2n) is 2.98. The monoisotopic (exact) mass is 236 g/mol. The average molecular weight is 236 g/mol. The van der Waals surface area contributed by atoms with Gasteiger partial charge in [0.2, 0.25) is 0 Å². The molecule has 1 unspecified atom stereocenters. The Morgan fingerprint density at radius 3 is 2.31 bits per heavy atom. The van der Waals surface area contributed by atoms with Gasteiger partial charge in [0.15, 0.2) is 0 Å². The maximum absolute atomic E-state index is 11.8. The van der Waals surface area contributed by atoms with E-state index in [1.165, 1.54) is 24.5 Å². The maximum atomic E-state index is 11.8. The minimum atomic E-state index is -3.89. The predicted octanol–water partition coefficient (Wildman–Crippen LogP) is 1.37. The van der Waals surface area contributed by atoms with Gasteiger partial charge in [-0.05, 0) is 18.2 Å². The van der Waals surface area contributed by atoms with Crippen molar-refractivity contribution in [2.45, 2.75) is 0 Å². The van der Waals surface area contributed by atoms with E-state index in [1.54, 1.807) is 24.3 Å². The predicted molar refractivity (Wildman–Crippen MR) is 58.6 cm³/mol. The first kappa shape index (κ1) is 10.8. The van der Waals surface area contributed by atoms with E-state index in [4.69, 9.17) is 4.52 Å². The van der Waals surface area contributed by atoms with Crippen LogP contribution in [0.25, 0.3) is 0 Å². The van der Waals surface area contributed by atoms with Crippen LogP contribution in [-0.4, -0.2) is 14.9 Å². The second kappa shape index (κ2) is 4.43. The van der Waals surface area contributed by atoms with Crippen molar-refractivity contribution in [3.8, 4) is 6.01 Å². The summed E-state index contributed by atoms with van der Waals surface area (Å²) in [6, 6.07) is 9.59. The highest BCUT2D eigenvalue weighted by molar-refractivity contribution is 7.61. The second-order valence-corrected chi connectivity index (χ2v) is 4.72. The Bertz CT molecular complexity index is 504. The molecule has 0 spiro atoms. The van der Waals surface area contributed by atoms with E-state index in [0.717, 1.165) is 0 Å². The lowest BCUT2D eigenvalue weighted by atomic mass is 10.4. The van der Waals surface area contributed by atoms with Crippen LogP contribution >= 0.6 is 7.60 Å². The number of aromatic nitrogens is 2. The Morgan fingerprint density at radius 2 is 1.69 bits per heavy atom. The molecule has 5 nitrogen and oxygen atoms in total. The molecular formula is C10H9N2O3P.